The Morgan fingerprint density at radius 2 is 2.33 bits per heavy atom. The lowest BCUT2D eigenvalue weighted by Gasteiger charge is -1.98. The minimum absolute atomic E-state index is 0.0767. The summed E-state index contributed by atoms with van der Waals surface area (Å²) in [5.74, 6) is 0. The Balaban J connectivity index is 2.56. The SMILES string of the molecule is NS(=O)(=O)OCc1cccnc1. The van der Waals surface area contributed by atoms with Gasteiger partial charge in [0.2, 0.25) is 0 Å². The van der Waals surface area contributed by atoms with Gasteiger partial charge >= 0.3 is 10.3 Å². The summed E-state index contributed by atoms with van der Waals surface area (Å²) in [6.45, 7) is -0.0767. The molecule has 0 fully saturated rings. The van der Waals surface area contributed by atoms with Gasteiger partial charge in [-0.1, -0.05) is 6.07 Å². The predicted molar refractivity (Wildman–Crippen MR) is 42.1 cm³/mol. The second-order valence-electron chi connectivity index (χ2n) is 2.12. The van der Waals surface area contributed by atoms with Crippen molar-refractivity contribution >= 4 is 10.3 Å². The molecule has 0 aliphatic carbocycles. The molecule has 0 radical (unpaired) electrons. The standard InChI is InChI=1S/C6H8N2O3S/c7-12(9,10)11-5-6-2-1-3-8-4-6/h1-4H,5H2,(H2,7,9,10). The molecule has 2 N–H and O–H groups in total. The van der Waals surface area contributed by atoms with Gasteiger partial charge in [-0.15, -0.1) is 0 Å². The number of nitrogens with zero attached hydrogens (tertiary/aromatic N) is 1. The number of pyridine rings is 1. The Bertz CT molecular complexity index is 335. The Labute approximate surface area is 70.4 Å². The Morgan fingerprint density at radius 1 is 1.58 bits per heavy atom. The highest BCUT2D eigenvalue weighted by Gasteiger charge is 2.01. The quantitative estimate of drug-likeness (QED) is 0.712. The van der Waals surface area contributed by atoms with Crippen molar-refractivity contribution in [2.24, 2.45) is 5.14 Å². The predicted octanol–water partition coefficient (Wildman–Crippen LogP) is -0.198. The molecule has 0 bridgehead atoms. The molecule has 12 heavy (non-hydrogen) atoms. The summed E-state index contributed by atoms with van der Waals surface area (Å²) in [6, 6.07) is 3.38. The molecule has 66 valence electrons. The van der Waals surface area contributed by atoms with E-state index in [9.17, 15) is 8.42 Å². The van der Waals surface area contributed by atoms with E-state index in [-0.39, 0.29) is 6.61 Å². The van der Waals surface area contributed by atoms with Crippen molar-refractivity contribution in [3.8, 4) is 0 Å². The first kappa shape index (κ1) is 9.11. The maximum atomic E-state index is 10.3. The summed E-state index contributed by atoms with van der Waals surface area (Å²) >= 11 is 0. The summed E-state index contributed by atoms with van der Waals surface area (Å²) in [4.78, 5) is 3.77. The molecule has 0 saturated heterocycles. The van der Waals surface area contributed by atoms with Crippen LogP contribution >= 0.6 is 0 Å². The van der Waals surface area contributed by atoms with Gasteiger partial charge in [-0.05, 0) is 11.6 Å². The fourth-order valence-electron chi connectivity index (χ4n) is 0.634. The van der Waals surface area contributed by atoms with Gasteiger partial charge in [-0.3, -0.25) is 9.17 Å². The number of hydrogen-bond donors (Lipinski definition) is 1. The van der Waals surface area contributed by atoms with Gasteiger partial charge < -0.3 is 0 Å². The monoisotopic (exact) mass is 188 g/mol. The lowest BCUT2D eigenvalue weighted by molar-refractivity contribution is 0.308. The fraction of sp³-hybridized carbons (Fsp3) is 0.167. The van der Waals surface area contributed by atoms with Crippen molar-refractivity contribution in [3.05, 3.63) is 30.1 Å². The molecule has 0 aliphatic heterocycles. The molecule has 0 unspecified atom stereocenters. The van der Waals surface area contributed by atoms with Crippen LogP contribution < -0.4 is 5.14 Å². The van der Waals surface area contributed by atoms with E-state index in [4.69, 9.17) is 0 Å². The molecule has 0 aliphatic rings. The molecular weight excluding hydrogens is 180 g/mol. The van der Waals surface area contributed by atoms with E-state index in [0.717, 1.165) is 0 Å². The molecule has 0 spiro atoms. The van der Waals surface area contributed by atoms with Gasteiger partial charge in [0.25, 0.3) is 0 Å². The van der Waals surface area contributed by atoms with Gasteiger partial charge in [0, 0.05) is 12.4 Å². The molecule has 1 aromatic heterocycles. The highest BCUT2D eigenvalue weighted by Crippen LogP contribution is 1.99. The Hall–Kier alpha value is -0.980. The van der Waals surface area contributed by atoms with Gasteiger partial charge in [-0.25, -0.2) is 5.14 Å². The minimum Gasteiger partial charge on any atom is -0.264 e. The molecule has 0 saturated carbocycles. The number of aromatic nitrogens is 1. The molecule has 0 atom stereocenters. The maximum absolute atomic E-state index is 10.3. The van der Waals surface area contributed by atoms with Crippen molar-refractivity contribution in [2.45, 2.75) is 6.61 Å². The van der Waals surface area contributed by atoms with Crippen LogP contribution in [0.3, 0.4) is 0 Å². The summed E-state index contributed by atoms with van der Waals surface area (Å²) in [7, 11) is -3.85. The van der Waals surface area contributed by atoms with Gasteiger partial charge in [0.1, 0.15) is 0 Å². The van der Waals surface area contributed by atoms with E-state index < -0.39 is 10.3 Å². The van der Waals surface area contributed by atoms with Crippen molar-refractivity contribution in [1.29, 1.82) is 0 Å². The first-order valence-electron chi connectivity index (χ1n) is 3.14. The smallest absolute Gasteiger partial charge is 0.264 e. The van der Waals surface area contributed by atoms with Gasteiger partial charge in [0.15, 0.2) is 0 Å². The zero-order valence-corrected chi connectivity index (χ0v) is 6.99. The summed E-state index contributed by atoms with van der Waals surface area (Å²) in [6.07, 6.45) is 3.09. The van der Waals surface area contributed by atoms with Crippen molar-refractivity contribution in [1.82, 2.24) is 4.98 Å². The number of hydrogen-bond acceptors (Lipinski definition) is 4. The molecule has 1 heterocycles. The van der Waals surface area contributed by atoms with Crippen LogP contribution in [0.2, 0.25) is 0 Å². The van der Waals surface area contributed by atoms with Crippen LogP contribution in [0.5, 0.6) is 0 Å². The van der Waals surface area contributed by atoms with Crippen molar-refractivity contribution in [3.63, 3.8) is 0 Å². The third-order valence-corrected chi connectivity index (χ3v) is 1.56. The van der Waals surface area contributed by atoms with E-state index in [0.29, 0.717) is 5.56 Å². The molecule has 0 aromatic carbocycles. The highest BCUT2D eigenvalue weighted by atomic mass is 32.2. The van der Waals surface area contributed by atoms with Crippen molar-refractivity contribution in [2.75, 3.05) is 0 Å². The summed E-state index contributed by atoms with van der Waals surface area (Å²) in [5.41, 5.74) is 0.659. The van der Waals surface area contributed by atoms with Crippen LogP contribution in [0.25, 0.3) is 0 Å². The van der Waals surface area contributed by atoms with E-state index >= 15 is 0 Å². The Kier molecular flexibility index (Phi) is 2.74. The van der Waals surface area contributed by atoms with E-state index in [2.05, 4.69) is 14.3 Å². The molecule has 1 aromatic rings. The van der Waals surface area contributed by atoms with Crippen LogP contribution in [-0.4, -0.2) is 13.4 Å². The van der Waals surface area contributed by atoms with Gasteiger partial charge in [-0.2, -0.15) is 8.42 Å². The summed E-state index contributed by atoms with van der Waals surface area (Å²) in [5, 5.41) is 4.61. The van der Waals surface area contributed by atoms with E-state index in [1.807, 2.05) is 0 Å². The van der Waals surface area contributed by atoms with Crippen LogP contribution in [0.1, 0.15) is 5.56 Å². The summed E-state index contributed by atoms with van der Waals surface area (Å²) < 4.78 is 25.0. The van der Waals surface area contributed by atoms with Crippen molar-refractivity contribution < 1.29 is 12.6 Å². The third-order valence-electron chi connectivity index (χ3n) is 1.11. The van der Waals surface area contributed by atoms with Crippen LogP contribution in [0, 0.1) is 0 Å². The third kappa shape index (κ3) is 3.42. The van der Waals surface area contributed by atoms with Crippen LogP contribution in [0.4, 0.5) is 0 Å². The fourth-order valence-corrected chi connectivity index (χ4v) is 0.934. The zero-order chi connectivity index (χ0) is 9.03. The average Bonchev–Trinajstić information content (AvgIpc) is 2.02. The normalized spacial score (nSPS) is 11.4. The largest absolute Gasteiger partial charge is 0.333 e. The average molecular weight is 188 g/mol. The zero-order valence-electron chi connectivity index (χ0n) is 6.17. The first-order chi connectivity index (χ1) is 5.58. The number of rotatable bonds is 3. The lowest BCUT2D eigenvalue weighted by Crippen LogP contribution is -2.15. The van der Waals surface area contributed by atoms with Gasteiger partial charge in [0.05, 0.1) is 6.61 Å². The van der Waals surface area contributed by atoms with Crippen LogP contribution in [-0.2, 0) is 21.1 Å². The minimum atomic E-state index is -3.85. The second kappa shape index (κ2) is 3.61. The number of nitrogens with two attached hydrogens (primary N) is 1. The van der Waals surface area contributed by atoms with E-state index in [1.165, 1.54) is 6.20 Å². The molecule has 5 nitrogen and oxygen atoms in total. The van der Waals surface area contributed by atoms with E-state index in [1.54, 1.807) is 18.3 Å². The van der Waals surface area contributed by atoms with Crippen LogP contribution in [0.15, 0.2) is 24.5 Å². The first-order valence-corrected chi connectivity index (χ1v) is 4.61. The second-order valence-corrected chi connectivity index (χ2v) is 3.34. The molecule has 1 rings (SSSR count). The topological polar surface area (TPSA) is 82.3 Å². The lowest BCUT2D eigenvalue weighted by atomic mass is 10.3. The molecule has 0 amide bonds. The Morgan fingerprint density at radius 3 is 2.83 bits per heavy atom. The molecular formula is C6H8N2O3S. The maximum Gasteiger partial charge on any atom is 0.333 e. The highest BCUT2D eigenvalue weighted by molar-refractivity contribution is 7.84. The molecule has 6 heteroatoms.